The van der Waals surface area contributed by atoms with Crippen molar-refractivity contribution in [2.24, 2.45) is 0 Å². The topological polar surface area (TPSA) is 93.1 Å². The molecule has 7 nitrogen and oxygen atoms in total. The highest BCUT2D eigenvalue weighted by atomic mass is 35.5. The number of nitrogens with one attached hydrogen (secondary N) is 1. The van der Waals surface area contributed by atoms with Gasteiger partial charge in [0.25, 0.3) is 6.43 Å². The molecule has 2 N–H and O–H groups in total. The van der Waals surface area contributed by atoms with Crippen LogP contribution in [0.2, 0.25) is 5.02 Å². The summed E-state index contributed by atoms with van der Waals surface area (Å²) in [6, 6.07) is 5.71. The van der Waals surface area contributed by atoms with Crippen molar-refractivity contribution in [2.45, 2.75) is 25.4 Å². The van der Waals surface area contributed by atoms with E-state index in [1.165, 1.54) is 31.4 Å². The Morgan fingerprint density at radius 2 is 1.96 bits per heavy atom. The van der Waals surface area contributed by atoms with Crippen molar-refractivity contribution in [3.05, 3.63) is 39.8 Å². The van der Waals surface area contributed by atoms with E-state index < -0.39 is 31.1 Å². The van der Waals surface area contributed by atoms with E-state index in [0.29, 0.717) is 14.3 Å². The van der Waals surface area contributed by atoms with Gasteiger partial charge in [0.05, 0.1) is 7.11 Å². The van der Waals surface area contributed by atoms with Crippen molar-refractivity contribution in [1.82, 2.24) is 14.3 Å². The van der Waals surface area contributed by atoms with Crippen molar-refractivity contribution in [1.29, 1.82) is 5.41 Å². The highest BCUT2D eigenvalue weighted by Crippen LogP contribution is 2.25. The molecule has 1 aromatic heterocycles. The van der Waals surface area contributed by atoms with Crippen molar-refractivity contribution in [3.8, 4) is 11.4 Å². The standard InChI is InChI=1S/C14H14ClF3N4O3/c1-25-9(19)6-21-14(24)22(12(18)10(23)11(16)17)13(20-21)7-2-4-8(15)5-3-7/h2-5,10-12,19,23H,6H2,1H3/t10-,12?/m1/s1. The first-order valence-electron chi connectivity index (χ1n) is 6.93. The number of rotatable bonds is 6. The van der Waals surface area contributed by atoms with Gasteiger partial charge in [-0.1, -0.05) is 11.6 Å². The molecule has 0 aliphatic carbocycles. The monoisotopic (exact) mass is 378 g/mol. The molecule has 0 saturated carbocycles. The fourth-order valence-corrected chi connectivity index (χ4v) is 2.14. The van der Waals surface area contributed by atoms with E-state index in [4.69, 9.17) is 17.0 Å². The number of aliphatic hydroxyl groups excluding tert-OH is 1. The Morgan fingerprint density at radius 1 is 1.36 bits per heavy atom. The number of aliphatic hydroxyl groups is 1. The lowest BCUT2D eigenvalue weighted by Gasteiger charge is -2.16. The molecule has 2 rings (SSSR count). The van der Waals surface area contributed by atoms with Crippen LogP contribution in [-0.4, -0.2) is 45.0 Å². The van der Waals surface area contributed by atoms with Gasteiger partial charge in [0.15, 0.2) is 11.9 Å². The number of benzene rings is 1. The molecule has 0 radical (unpaired) electrons. The highest BCUT2D eigenvalue weighted by molar-refractivity contribution is 6.30. The van der Waals surface area contributed by atoms with Gasteiger partial charge in [0, 0.05) is 10.6 Å². The Morgan fingerprint density at radius 3 is 2.48 bits per heavy atom. The largest absolute Gasteiger partial charge is 0.483 e. The highest BCUT2D eigenvalue weighted by Gasteiger charge is 2.33. The third-order valence-electron chi connectivity index (χ3n) is 3.30. The summed E-state index contributed by atoms with van der Waals surface area (Å²) in [5.74, 6) is -0.642. The molecule has 0 aliphatic heterocycles. The van der Waals surface area contributed by atoms with Crippen LogP contribution in [0.4, 0.5) is 13.2 Å². The van der Waals surface area contributed by atoms with Gasteiger partial charge in [-0.3, -0.25) is 5.41 Å². The van der Waals surface area contributed by atoms with Gasteiger partial charge >= 0.3 is 5.69 Å². The van der Waals surface area contributed by atoms with Crippen LogP contribution in [0.3, 0.4) is 0 Å². The number of halogens is 4. The average molecular weight is 379 g/mol. The molecule has 11 heteroatoms. The van der Waals surface area contributed by atoms with Crippen LogP contribution in [-0.2, 0) is 11.3 Å². The molecule has 1 heterocycles. The van der Waals surface area contributed by atoms with Gasteiger partial charge in [-0.05, 0) is 24.3 Å². The van der Waals surface area contributed by atoms with E-state index in [9.17, 15) is 23.1 Å². The minimum absolute atomic E-state index is 0.216. The minimum atomic E-state index is -3.40. The Bertz CT molecular complexity index is 807. The molecular weight excluding hydrogens is 365 g/mol. The Balaban J connectivity index is 2.59. The quantitative estimate of drug-likeness (QED) is 0.594. The van der Waals surface area contributed by atoms with Crippen LogP contribution in [0.25, 0.3) is 11.4 Å². The normalized spacial score (nSPS) is 13.7. The number of methoxy groups -OCH3 is 1. The van der Waals surface area contributed by atoms with E-state index in [2.05, 4.69) is 9.84 Å². The smallest absolute Gasteiger partial charge is 0.349 e. The van der Waals surface area contributed by atoms with Gasteiger partial charge in [-0.25, -0.2) is 27.2 Å². The average Bonchev–Trinajstić information content (AvgIpc) is 2.90. The molecule has 2 atom stereocenters. The molecule has 0 amide bonds. The van der Waals surface area contributed by atoms with Crippen LogP contribution in [0.15, 0.2) is 29.1 Å². The summed E-state index contributed by atoms with van der Waals surface area (Å²) in [5.41, 5.74) is -0.896. The van der Waals surface area contributed by atoms with Crippen LogP contribution in [0, 0.1) is 5.41 Å². The van der Waals surface area contributed by atoms with Crippen molar-refractivity contribution in [2.75, 3.05) is 7.11 Å². The maximum Gasteiger partial charge on any atom is 0.349 e. The van der Waals surface area contributed by atoms with Crippen LogP contribution in [0.5, 0.6) is 0 Å². The summed E-state index contributed by atoms with van der Waals surface area (Å²) >= 11 is 5.77. The maximum atomic E-state index is 14.4. The molecule has 0 bridgehead atoms. The third-order valence-corrected chi connectivity index (χ3v) is 3.55. The summed E-state index contributed by atoms with van der Waals surface area (Å²) < 4.78 is 45.3. The molecule has 0 saturated heterocycles. The first-order valence-corrected chi connectivity index (χ1v) is 7.31. The molecule has 2 aromatic rings. The molecule has 0 fully saturated rings. The van der Waals surface area contributed by atoms with Crippen LogP contribution >= 0.6 is 11.6 Å². The summed E-state index contributed by atoms with van der Waals surface area (Å²) in [4.78, 5) is 12.3. The van der Waals surface area contributed by atoms with E-state index >= 15 is 0 Å². The zero-order valence-electron chi connectivity index (χ0n) is 12.9. The van der Waals surface area contributed by atoms with E-state index in [0.717, 1.165) is 0 Å². The molecule has 25 heavy (non-hydrogen) atoms. The molecule has 136 valence electrons. The predicted molar refractivity (Wildman–Crippen MR) is 83.8 cm³/mol. The van der Waals surface area contributed by atoms with Crippen molar-refractivity contribution in [3.63, 3.8) is 0 Å². The second-order valence-electron chi connectivity index (χ2n) is 4.97. The zero-order chi connectivity index (χ0) is 18.7. The lowest BCUT2D eigenvalue weighted by Crippen LogP contribution is -2.36. The molecular formula is C14H14ClF3N4O3. The number of hydrogen-bond donors (Lipinski definition) is 2. The van der Waals surface area contributed by atoms with Gasteiger partial charge in [0.1, 0.15) is 6.54 Å². The van der Waals surface area contributed by atoms with Gasteiger partial charge in [0.2, 0.25) is 12.2 Å². The lowest BCUT2D eigenvalue weighted by atomic mass is 10.2. The second kappa shape index (κ2) is 7.70. The third kappa shape index (κ3) is 4.02. The summed E-state index contributed by atoms with van der Waals surface area (Å²) in [6.45, 7) is -0.430. The molecule has 1 aromatic carbocycles. The number of nitrogens with zero attached hydrogens (tertiary/aromatic N) is 3. The van der Waals surface area contributed by atoms with Crippen molar-refractivity contribution < 1.29 is 23.0 Å². The Labute approximate surface area is 144 Å². The first kappa shape index (κ1) is 19.0. The van der Waals surface area contributed by atoms with Crippen LogP contribution in [0.1, 0.15) is 6.30 Å². The van der Waals surface area contributed by atoms with E-state index in [1.807, 2.05) is 0 Å². The number of ether oxygens (including phenoxy) is 1. The van der Waals surface area contributed by atoms with Crippen LogP contribution < -0.4 is 5.69 Å². The fourth-order valence-electron chi connectivity index (χ4n) is 2.01. The van der Waals surface area contributed by atoms with Gasteiger partial charge in [-0.2, -0.15) is 0 Å². The van der Waals surface area contributed by atoms with E-state index in [-0.39, 0.29) is 17.3 Å². The number of hydrogen-bond acceptors (Lipinski definition) is 5. The molecule has 0 spiro atoms. The Hall–Kier alpha value is -2.33. The number of aromatic nitrogens is 3. The van der Waals surface area contributed by atoms with Gasteiger partial charge in [-0.15, -0.1) is 5.10 Å². The first-order chi connectivity index (χ1) is 11.8. The van der Waals surface area contributed by atoms with Gasteiger partial charge < -0.3 is 9.84 Å². The molecule has 1 unspecified atom stereocenters. The second-order valence-corrected chi connectivity index (χ2v) is 5.40. The number of alkyl halides is 3. The Kier molecular flexibility index (Phi) is 5.85. The lowest BCUT2D eigenvalue weighted by molar-refractivity contribution is -0.0723. The minimum Gasteiger partial charge on any atom is -0.483 e. The summed E-state index contributed by atoms with van der Waals surface area (Å²) in [7, 11) is 1.20. The maximum absolute atomic E-state index is 14.4. The zero-order valence-corrected chi connectivity index (χ0v) is 13.6. The fraction of sp³-hybridized carbons (Fsp3) is 0.357. The van der Waals surface area contributed by atoms with Crippen molar-refractivity contribution >= 4 is 17.5 Å². The predicted octanol–water partition coefficient (Wildman–Crippen LogP) is 2.08. The summed E-state index contributed by atoms with van der Waals surface area (Å²) in [6.07, 6.45) is -8.85. The summed E-state index contributed by atoms with van der Waals surface area (Å²) in [5, 5.41) is 21.0. The molecule has 0 aliphatic rings. The SMILES string of the molecule is COC(=N)Cn1nc(-c2ccc(Cl)cc2)n(C(F)[C@H](O)C(F)F)c1=O. The van der Waals surface area contributed by atoms with E-state index in [1.54, 1.807) is 0 Å².